The van der Waals surface area contributed by atoms with Gasteiger partial charge in [0, 0.05) is 26.2 Å². The number of benzene rings is 1. The van der Waals surface area contributed by atoms with Gasteiger partial charge in [0.1, 0.15) is 5.41 Å². The Morgan fingerprint density at radius 3 is 2.08 bits per heavy atom. The molecule has 0 N–H and O–H groups in total. The third-order valence-electron chi connectivity index (χ3n) is 5.64. The van der Waals surface area contributed by atoms with E-state index in [2.05, 4.69) is 24.3 Å². The van der Waals surface area contributed by atoms with E-state index >= 15 is 0 Å². The first-order valence-corrected chi connectivity index (χ1v) is 9.69. The fourth-order valence-electron chi connectivity index (χ4n) is 3.94. The summed E-state index contributed by atoms with van der Waals surface area (Å²) in [5.74, 6) is 0.504. The van der Waals surface area contributed by atoms with Crippen LogP contribution in [0.2, 0.25) is 0 Å². The van der Waals surface area contributed by atoms with E-state index in [1.807, 2.05) is 11.0 Å². The molecule has 1 aromatic rings. The Morgan fingerprint density at radius 2 is 1.50 bits per heavy atom. The maximum Gasteiger partial charge on any atom is 0.237 e. The Hall–Kier alpha value is -1.88. The molecule has 5 nitrogen and oxygen atoms in total. The maximum atomic E-state index is 13.0. The van der Waals surface area contributed by atoms with Crippen LogP contribution in [0.25, 0.3) is 0 Å². The number of hydrogen-bond acceptors (Lipinski definition) is 3. The quantitative estimate of drug-likeness (QED) is 0.777. The lowest BCUT2D eigenvalue weighted by Crippen LogP contribution is -2.54. The van der Waals surface area contributed by atoms with Crippen molar-refractivity contribution >= 4 is 11.8 Å². The zero-order valence-corrected chi connectivity index (χ0v) is 15.9. The SMILES string of the molecule is CC(C)(C(=O)N1CCOCC1)C(=O)N1CCC(Cc2ccccc2)CC1. The summed E-state index contributed by atoms with van der Waals surface area (Å²) < 4.78 is 5.31. The van der Waals surface area contributed by atoms with Crippen LogP contribution in [0.4, 0.5) is 0 Å². The summed E-state index contributed by atoms with van der Waals surface area (Å²) in [5.41, 5.74) is 0.365. The molecule has 5 heteroatoms. The second-order valence-electron chi connectivity index (χ2n) is 7.95. The highest BCUT2D eigenvalue weighted by atomic mass is 16.5. The van der Waals surface area contributed by atoms with Gasteiger partial charge in [-0.05, 0) is 44.6 Å². The second kappa shape index (κ2) is 8.21. The van der Waals surface area contributed by atoms with E-state index in [0.29, 0.717) is 32.2 Å². The Labute approximate surface area is 156 Å². The van der Waals surface area contributed by atoms with Gasteiger partial charge in [-0.1, -0.05) is 30.3 Å². The van der Waals surface area contributed by atoms with E-state index in [-0.39, 0.29) is 11.8 Å². The molecule has 0 atom stereocenters. The summed E-state index contributed by atoms with van der Waals surface area (Å²) in [6.45, 7) is 7.30. The van der Waals surface area contributed by atoms with E-state index in [1.165, 1.54) is 5.56 Å². The summed E-state index contributed by atoms with van der Waals surface area (Å²) in [7, 11) is 0. The van der Waals surface area contributed by atoms with Crippen molar-refractivity contribution in [3.8, 4) is 0 Å². The summed E-state index contributed by atoms with van der Waals surface area (Å²) in [6.07, 6.45) is 3.07. The van der Waals surface area contributed by atoms with Crippen molar-refractivity contribution in [3.05, 3.63) is 35.9 Å². The molecule has 0 saturated carbocycles. The molecule has 2 fully saturated rings. The highest BCUT2D eigenvalue weighted by Gasteiger charge is 2.42. The molecule has 0 bridgehead atoms. The Kier molecular flexibility index (Phi) is 5.97. The minimum absolute atomic E-state index is 0.0350. The van der Waals surface area contributed by atoms with Crippen LogP contribution >= 0.6 is 0 Å². The smallest absolute Gasteiger partial charge is 0.237 e. The van der Waals surface area contributed by atoms with Crippen molar-refractivity contribution in [1.82, 2.24) is 9.80 Å². The van der Waals surface area contributed by atoms with Crippen molar-refractivity contribution in [3.63, 3.8) is 0 Å². The van der Waals surface area contributed by atoms with E-state index in [4.69, 9.17) is 4.74 Å². The van der Waals surface area contributed by atoms with Crippen molar-refractivity contribution in [2.45, 2.75) is 33.1 Å². The number of ether oxygens (including phenoxy) is 1. The van der Waals surface area contributed by atoms with Crippen LogP contribution in [0, 0.1) is 11.3 Å². The number of likely N-dealkylation sites (tertiary alicyclic amines) is 1. The summed E-state index contributed by atoms with van der Waals surface area (Å²) in [4.78, 5) is 29.5. The van der Waals surface area contributed by atoms with Crippen LogP contribution < -0.4 is 0 Å². The molecule has 2 heterocycles. The molecule has 2 amide bonds. The van der Waals surface area contributed by atoms with E-state index in [9.17, 15) is 9.59 Å². The zero-order valence-electron chi connectivity index (χ0n) is 15.9. The lowest BCUT2D eigenvalue weighted by molar-refractivity contribution is -0.157. The largest absolute Gasteiger partial charge is 0.378 e. The third-order valence-corrected chi connectivity index (χ3v) is 5.64. The van der Waals surface area contributed by atoms with Gasteiger partial charge in [0.25, 0.3) is 0 Å². The number of hydrogen-bond donors (Lipinski definition) is 0. The predicted molar refractivity (Wildman–Crippen MR) is 101 cm³/mol. The minimum Gasteiger partial charge on any atom is -0.378 e. The summed E-state index contributed by atoms with van der Waals surface area (Å²) >= 11 is 0. The highest BCUT2D eigenvalue weighted by molar-refractivity contribution is 6.04. The van der Waals surface area contributed by atoms with Crippen molar-refractivity contribution in [2.24, 2.45) is 11.3 Å². The standard InChI is InChI=1S/C21H30N2O3/c1-21(2,20(25)23-12-14-26-15-13-23)19(24)22-10-8-18(9-11-22)16-17-6-4-3-5-7-17/h3-7,18H,8-16H2,1-2H3. The van der Waals surface area contributed by atoms with Gasteiger partial charge in [-0.3, -0.25) is 9.59 Å². The zero-order chi connectivity index (χ0) is 18.6. The Bertz CT molecular complexity index is 615. The molecule has 0 radical (unpaired) electrons. The monoisotopic (exact) mass is 358 g/mol. The number of rotatable bonds is 4. The van der Waals surface area contributed by atoms with Crippen LogP contribution in [0.3, 0.4) is 0 Å². The Balaban J connectivity index is 1.54. The average molecular weight is 358 g/mol. The topological polar surface area (TPSA) is 49.9 Å². The fourth-order valence-corrected chi connectivity index (χ4v) is 3.94. The molecule has 0 aromatic heterocycles. The highest BCUT2D eigenvalue weighted by Crippen LogP contribution is 2.28. The fraction of sp³-hybridized carbons (Fsp3) is 0.619. The van der Waals surface area contributed by atoms with E-state index in [0.717, 1.165) is 32.4 Å². The van der Waals surface area contributed by atoms with E-state index in [1.54, 1.807) is 18.7 Å². The number of piperidine rings is 1. The number of carbonyl (C=O) groups is 2. The van der Waals surface area contributed by atoms with Gasteiger partial charge in [0.2, 0.25) is 11.8 Å². The first-order chi connectivity index (χ1) is 12.5. The van der Waals surface area contributed by atoms with Crippen LogP contribution in [-0.4, -0.2) is 61.0 Å². The number of amides is 2. The molecule has 26 heavy (non-hydrogen) atoms. The molecule has 0 spiro atoms. The van der Waals surface area contributed by atoms with Gasteiger partial charge < -0.3 is 14.5 Å². The van der Waals surface area contributed by atoms with Crippen LogP contribution in [0.1, 0.15) is 32.3 Å². The first kappa shape index (κ1) is 18.9. The van der Waals surface area contributed by atoms with Gasteiger partial charge in [0.05, 0.1) is 13.2 Å². The molecule has 2 aliphatic rings. The molecular weight excluding hydrogens is 328 g/mol. The third kappa shape index (κ3) is 4.26. The molecular formula is C21H30N2O3. The normalized spacial score (nSPS) is 19.5. The predicted octanol–water partition coefficient (Wildman–Crippen LogP) is 2.35. The van der Waals surface area contributed by atoms with Crippen molar-refractivity contribution in [1.29, 1.82) is 0 Å². The summed E-state index contributed by atoms with van der Waals surface area (Å²) in [5, 5.41) is 0. The number of nitrogens with zero attached hydrogens (tertiary/aromatic N) is 2. The molecule has 2 saturated heterocycles. The van der Waals surface area contributed by atoms with Gasteiger partial charge in [0.15, 0.2) is 0 Å². The van der Waals surface area contributed by atoms with Gasteiger partial charge in [-0.15, -0.1) is 0 Å². The number of carbonyl (C=O) groups excluding carboxylic acids is 2. The Morgan fingerprint density at radius 1 is 0.962 bits per heavy atom. The van der Waals surface area contributed by atoms with Crippen LogP contribution in [-0.2, 0) is 20.7 Å². The first-order valence-electron chi connectivity index (χ1n) is 9.69. The molecule has 0 aliphatic carbocycles. The number of morpholine rings is 1. The second-order valence-corrected chi connectivity index (χ2v) is 7.95. The van der Waals surface area contributed by atoms with Gasteiger partial charge in [-0.25, -0.2) is 0 Å². The molecule has 1 aromatic carbocycles. The average Bonchev–Trinajstić information content (AvgIpc) is 2.69. The maximum absolute atomic E-state index is 13.0. The molecule has 142 valence electrons. The van der Waals surface area contributed by atoms with Crippen LogP contribution in [0.15, 0.2) is 30.3 Å². The van der Waals surface area contributed by atoms with Crippen molar-refractivity contribution < 1.29 is 14.3 Å². The lowest BCUT2D eigenvalue weighted by atomic mass is 9.86. The molecule has 2 aliphatic heterocycles. The van der Waals surface area contributed by atoms with Gasteiger partial charge >= 0.3 is 0 Å². The van der Waals surface area contributed by atoms with E-state index < -0.39 is 5.41 Å². The van der Waals surface area contributed by atoms with Gasteiger partial charge in [-0.2, -0.15) is 0 Å². The van der Waals surface area contributed by atoms with Crippen molar-refractivity contribution in [2.75, 3.05) is 39.4 Å². The summed E-state index contributed by atoms with van der Waals surface area (Å²) in [6, 6.07) is 10.5. The minimum atomic E-state index is -0.996. The molecule has 0 unspecified atom stereocenters. The molecule has 3 rings (SSSR count). The lowest BCUT2D eigenvalue weighted by Gasteiger charge is -2.39. The van der Waals surface area contributed by atoms with Crippen LogP contribution in [0.5, 0.6) is 0 Å².